The Hall–Kier alpha value is -3.68. The molecule has 1 aliphatic rings. The molecule has 1 amide bonds. The Kier molecular flexibility index (Phi) is 5.47. The molecular formula is C22H22N4O4. The molecule has 0 N–H and O–H groups in total. The number of aromatic nitrogens is 3. The van der Waals surface area contributed by atoms with Crippen LogP contribution >= 0.6 is 0 Å². The molecule has 0 atom stereocenters. The second-order valence-corrected chi connectivity index (χ2v) is 7.12. The predicted molar refractivity (Wildman–Crippen MR) is 111 cm³/mol. The zero-order chi connectivity index (χ0) is 21.1. The lowest BCUT2D eigenvalue weighted by Crippen LogP contribution is -2.46. The molecule has 0 aliphatic carbocycles. The molecule has 1 fully saturated rings. The van der Waals surface area contributed by atoms with E-state index in [1.165, 1.54) is 0 Å². The monoisotopic (exact) mass is 406 g/mol. The maximum Gasteiger partial charge on any atom is 0.352 e. The van der Waals surface area contributed by atoms with E-state index in [2.05, 4.69) is 5.10 Å². The number of carbonyl (C=O) groups excluding carboxylic acids is 1. The maximum atomic E-state index is 13.2. The van der Waals surface area contributed by atoms with Crippen LogP contribution in [0.25, 0.3) is 5.69 Å². The molecular weight excluding hydrogens is 384 g/mol. The van der Waals surface area contributed by atoms with E-state index in [-0.39, 0.29) is 12.2 Å². The van der Waals surface area contributed by atoms with Crippen molar-refractivity contribution in [3.8, 4) is 11.4 Å². The summed E-state index contributed by atoms with van der Waals surface area (Å²) in [5.74, 6) is 0.180. The topological polar surface area (TPSA) is 86.4 Å². The molecule has 0 radical (unpaired) electrons. The third kappa shape index (κ3) is 3.76. The number of hydrogen-bond donors (Lipinski definition) is 0. The standard InChI is InChI=1S/C22H22N4O4/c1-30-18-11-9-17(10-12-18)26-22(29)25(15-16-7-3-2-4-8-16)21(28)19(23-26)20(27)24-13-5-6-14-24/h2-4,7-12H,5-6,13-15H2,1H3. The van der Waals surface area contributed by atoms with Crippen LogP contribution in [0.1, 0.15) is 28.9 Å². The summed E-state index contributed by atoms with van der Waals surface area (Å²) in [6, 6.07) is 15.9. The third-order valence-corrected chi connectivity index (χ3v) is 5.16. The van der Waals surface area contributed by atoms with Gasteiger partial charge in [0.05, 0.1) is 19.3 Å². The normalized spacial score (nSPS) is 13.4. The van der Waals surface area contributed by atoms with Gasteiger partial charge in [0, 0.05) is 13.1 Å². The first-order valence-electron chi connectivity index (χ1n) is 9.80. The Labute approximate surface area is 172 Å². The summed E-state index contributed by atoms with van der Waals surface area (Å²) in [5.41, 5.74) is -0.303. The largest absolute Gasteiger partial charge is 0.497 e. The fourth-order valence-electron chi connectivity index (χ4n) is 3.52. The number of hydrogen-bond acceptors (Lipinski definition) is 5. The van der Waals surface area contributed by atoms with Crippen molar-refractivity contribution in [3.63, 3.8) is 0 Å². The van der Waals surface area contributed by atoms with Crippen LogP contribution in [0.2, 0.25) is 0 Å². The highest BCUT2D eigenvalue weighted by Gasteiger charge is 2.26. The zero-order valence-electron chi connectivity index (χ0n) is 16.7. The van der Waals surface area contributed by atoms with E-state index >= 15 is 0 Å². The van der Waals surface area contributed by atoms with Crippen LogP contribution in [0.4, 0.5) is 0 Å². The van der Waals surface area contributed by atoms with Gasteiger partial charge in [-0.05, 0) is 42.7 Å². The van der Waals surface area contributed by atoms with Gasteiger partial charge in [-0.3, -0.25) is 14.2 Å². The minimum Gasteiger partial charge on any atom is -0.497 e. The summed E-state index contributed by atoms with van der Waals surface area (Å²) in [5, 5.41) is 4.18. The van der Waals surface area contributed by atoms with Crippen molar-refractivity contribution >= 4 is 5.91 Å². The van der Waals surface area contributed by atoms with E-state index in [9.17, 15) is 14.4 Å². The van der Waals surface area contributed by atoms with Crippen LogP contribution in [-0.4, -0.2) is 45.4 Å². The Morgan fingerprint density at radius 2 is 1.67 bits per heavy atom. The van der Waals surface area contributed by atoms with Crippen molar-refractivity contribution < 1.29 is 9.53 Å². The van der Waals surface area contributed by atoms with Crippen LogP contribution < -0.4 is 16.0 Å². The number of amides is 1. The molecule has 2 heterocycles. The molecule has 4 rings (SSSR count). The smallest absolute Gasteiger partial charge is 0.352 e. The molecule has 0 bridgehead atoms. The molecule has 2 aromatic carbocycles. The minimum atomic E-state index is -0.675. The first kappa shape index (κ1) is 19.6. The number of benzene rings is 2. The van der Waals surface area contributed by atoms with Gasteiger partial charge >= 0.3 is 5.69 Å². The van der Waals surface area contributed by atoms with Crippen LogP contribution in [0.15, 0.2) is 64.2 Å². The van der Waals surface area contributed by atoms with Gasteiger partial charge in [-0.2, -0.15) is 9.78 Å². The van der Waals surface area contributed by atoms with Crippen molar-refractivity contribution in [2.45, 2.75) is 19.4 Å². The van der Waals surface area contributed by atoms with Crippen molar-refractivity contribution in [2.75, 3.05) is 20.2 Å². The van der Waals surface area contributed by atoms with E-state index in [1.807, 2.05) is 30.3 Å². The number of rotatable bonds is 5. The molecule has 154 valence electrons. The van der Waals surface area contributed by atoms with Gasteiger partial charge in [0.25, 0.3) is 11.5 Å². The lowest BCUT2D eigenvalue weighted by Gasteiger charge is -2.16. The average molecular weight is 406 g/mol. The number of likely N-dealkylation sites (tertiary alicyclic amines) is 1. The molecule has 1 saturated heterocycles. The third-order valence-electron chi connectivity index (χ3n) is 5.16. The van der Waals surface area contributed by atoms with Crippen LogP contribution in [0.3, 0.4) is 0 Å². The van der Waals surface area contributed by atoms with E-state index in [0.717, 1.165) is 27.7 Å². The SMILES string of the molecule is COc1ccc(-n2nc(C(=O)N3CCCC3)c(=O)n(Cc3ccccc3)c2=O)cc1. The second-order valence-electron chi connectivity index (χ2n) is 7.12. The fraction of sp³-hybridized carbons (Fsp3) is 0.273. The highest BCUT2D eigenvalue weighted by Crippen LogP contribution is 2.14. The van der Waals surface area contributed by atoms with Gasteiger partial charge in [0.2, 0.25) is 5.69 Å². The number of methoxy groups -OCH3 is 1. The summed E-state index contributed by atoms with van der Waals surface area (Å²) in [6.07, 6.45) is 1.78. The summed E-state index contributed by atoms with van der Waals surface area (Å²) < 4.78 is 7.33. The molecule has 1 aliphatic heterocycles. The molecule has 30 heavy (non-hydrogen) atoms. The van der Waals surface area contributed by atoms with Gasteiger partial charge in [-0.15, -0.1) is 0 Å². The van der Waals surface area contributed by atoms with Crippen LogP contribution in [0.5, 0.6) is 5.75 Å². The highest BCUT2D eigenvalue weighted by atomic mass is 16.5. The summed E-state index contributed by atoms with van der Waals surface area (Å²) in [6.45, 7) is 1.22. The zero-order valence-corrected chi connectivity index (χ0v) is 16.7. The van der Waals surface area contributed by atoms with Gasteiger partial charge in [0.15, 0.2) is 0 Å². The predicted octanol–water partition coefficient (Wildman–Crippen LogP) is 1.69. The molecule has 8 heteroatoms. The first-order valence-corrected chi connectivity index (χ1v) is 9.80. The second kappa shape index (κ2) is 8.36. The first-order chi connectivity index (χ1) is 14.6. The number of carbonyl (C=O) groups is 1. The van der Waals surface area contributed by atoms with Crippen molar-refractivity contribution in [1.82, 2.24) is 19.2 Å². The Morgan fingerprint density at radius 1 is 1.00 bits per heavy atom. The van der Waals surface area contributed by atoms with Crippen molar-refractivity contribution in [1.29, 1.82) is 0 Å². The van der Waals surface area contributed by atoms with E-state index < -0.39 is 17.2 Å². The average Bonchev–Trinajstić information content (AvgIpc) is 3.32. The summed E-state index contributed by atoms with van der Waals surface area (Å²) >= 11 is 0. The molecule has 8 nitrogen and oxygen atoms in total. The van der Waals surface area contributed by atoms with Gasteiger partial charge < -0.3 is 9.64 Å². The minimum absolute atomic E-state index is 0.0530. The molecule has 3 aromatic rings. The molecule has 1 aromatic heterocycles. The summed E-state index contributed by atoms with van der Waals surface area (Å²) in [4.78, 5) is 40.8. The fourth-order valence-corrected chi connectivity index (χ4v) is 3.52. The lowest BCUT2D eigenvalue weighted by molar-refractivity contribution is 0.0781. The molecule has 0 unspecified atom stereocenters. The Balaban J connectivity index is 1.87. The van der Waals surface area contributed by atoms with Crippen LogP contribution in [0, 0.1) is 0 Å². The van der Waals surface area contributed by atoms with E-state index in [1.54, 1.807) is 36.3 Å². The van der Waals surface area contributed by atoms with Gasteiger partial charge in [-0.1, -0.05) is 30.3 Å². The van der Waals surface area contributed by atoms with Gasteiger partial charge in [0.1, 0.15) is 5.75 Å². The highest BCUT2D eigenvalue weighted by molar-refractivity contribution is 5.92. The van der Waals surface area contributed by atoms with Crippen molar-refractivity contribution in [2.24, 2.45) is 0 Å². The molecule has 0 spiro atoms. The van der Waals surface area contributed by atoms with Crippen molar-refractivity contribution in [3.05, 3.63) is 86.7 Å². The maximum absolute atomic E-state index is 13.2. The molecule has 0 saturated carbocycles. The number of nitrogens with zero attached hydrogens (tertiary/aromatic N) is 4. The van der Waals surface area contributed by atoms with E-state index in [4.69, 9.17) is 4.74 Å². The van der Waals surface area contributed by atoms with Gasteiger partial charge in [-0.25, -0.2) is 4.79 Å². The lowest BCUT2D eigenvalue weighted by atomic mass is 10.2. The number of ether oxygens (including phenoxy) is 1. The quantitative estimate of drug-likeness (QED) is 0.644. The summed E-state index contributed by atoms with van der Waals surface area (Å²) in [7, 11) is 1.55. The van der Waals surface area contributed by atoms with E-state index in [0.29, 0.717) is 24.5 Å². The van der Waals surface area contributed by atoms with Crippen LogP contribution in [-0.2, 0) is 6.54 Å². The Morgan fingerprint density at radius 3 is 2.30 bits per heavy atom. The Bertz CT molecular complexity index is 1160.